The van der Waals surface area contributed by atoms with Gasteiger partial charge < -0.3 is 4.98 Å². The summed E-state index contributed by atoms with van der Waals surface area (Å²) in [6.07, 6.45) is 2.52. The highest BCUT2D eigenvalue weighted by molar-refractivity contribution is 7.90. The van der Waals surface area contributed by atoms with Crippen LogP contribution in [0.25, 0.3) is 21.8 Å². The molecule has 0 aliphatic rings. The number of aromatic nitrogens is 2. The molecule has 0 amide bonds. The van der Waals surface area contributed by atoms with Crippen molar-refractivity contribution < 1.29 is 8.42 Å². The van der Waals surface area contributed by atoms with Gasteiger partial charge in [0.15, 0.2) is 0 Å². The van der Waals surface area contributed by atoms with Gasteiger partial charge in [-0.05, 0) is 54.8 Å². The Bertz CT molecular complexity index is 1490. The molecule has 0 unspecified atom stereocenters. The second-order valence-corrected chi connectivity index (χ2v) is 9.45. The molecule has 0 fully saturated rings. The molecule has 4 nitrogen and oxygen atoms in total. The number of nitrogens with one attached hydrogen (secondary N) is 1. The minimum Gasteiger partial charge on any atom is -0.361 e. The number of benzene rings is 3. The molecular formula is C25H22N2O2S. The molecule has 1 N–H and O–H groups in total. The molecule has 0 aliphatic heterocycles. The van der Waals surface area contributed by atoms with Gasteiger partial charge in [-0.3, -0.25) is 0 Å². The van der Waals surface area contributed by atoms with Crippen molar-refractivity contribution in [1.82, 2.24) is 8.96 Å². The molecule has 5 aromatic rings. The molecule has 5 rings (SSSR count). The number of fused-ring (bicyclic) bond motifs is 2. The van der Waals surface area contributed by atoms with E-state index in [0.717, 1.165) is 33.1 Å². The molecule has 5 heteroatoms. The van der Waals surface area contributed by atoms with E-state index in [-0.39, 0.29) is 0 Å². The van der Waals surface area contributed by atoms with Crippen molar-refractivity contribution in [2.24, 2.45) is 0 Å². The number of rotatable bonds is 4. The van der Waals surface area contributed by atoms with Crippen molar-refractivity contribution >= 4 is 31.8 Å². The van der Waals surface area contributed by atoms with Crippen LogP contribution in [0.5, 0.6) is 0 Å². The van der Waals surface area contributed by atoms with Crippen LogP contribution >= 0.6 is 0 Å². The van der Waals surface area contributed by atoms with E-state index in [2.05, 4.69) is 24.0 Å². The Morgan fingerprint density at radius 2 is 1.60 bits per heavy atom. The zero-order valence-corrected chi connectivity index (χ0v) is 17.7. The van der Waals surface area contributed by atoms with Crippen LogP contribution in [0.4, 0.5) is 0 Å². The van der Waals surface area contributed by atoms with Crippen LogP contribution in [0.1, 0.15) is 22.4 Å². The third-order valence-electron chi connectivity index (χ3n) is 5.84. The summed E-state index contributed by atoms with van der Waals surface area (Å²) < 4.78 is 28.9. The lowest BCUT2D eigenvalue weighted by Crippen LogP contribution is -2.16. The van der Waals surface area contributed by atoms with Gasteiger partial charge in [-0.2, -0.15) is 0 Å². The number of aryl methyl sites for hydroxylation is 2. The molecule has 0 aliphatic carbocycles. The minimum atomic E-state index is -3.74. The number of hydrogen-bond donors (Lipinski definition) is 1. The van der Waals surface area contributed by atoms with Crippen molar-refractivity contribution in [3.63, 3.8) is 0 Å². The molecule has 150 valence electrons. The molecule has 2 heterocycles. The minimum absolute atomic E-state index is 0.294. The van der Waals surface area contributed by atoms with Gasteiger partial charge in [0.1, 0.15) is 0 Å². The van der Waals surface area contributed by atoms with Crippen LogP contribution in [0.2, 0.25) is 0 Å². The topological polar surface area (TPSA) is 54.9 Å². The number of hydrogen-bond acceptors (Lipinski definition) is 2. The van der Waals surface area contributed by atoms with E-state index in [9.17, 15) is 8.42 Å². The average molecular weight is 415 g/mol. The number of aromatic amines is 1. The molecule has 0 atom stereocenters. The van der Waals surface area contributed by atoms with Gasteiger partial charge in [-0.25, -0.2) is 12.4 Å². The lowest BCUT2D eigenvalue weighted by atomic mass is 10.0. The number of nitrogens with zero attached hydrogens (tertiary/aromatic N) is 1. The van der Waals surface area contributed by atoms with Crippen molar-refractivity contribution in [3.05, 3.63) is 101 Å². The number of para-hydroxylation sites is 1. The van der Waals surface area contributed by atoms with Gasteiger partial charge >= 0.3 is 0 Å². The van der Waals surface area contributed by atoms with Crippen LogP contribution in [0.15, 0.2) is 83.9 Å². The van der Waals surface area contributed by atoms with E-state index >= 15 is 0 Å². The Morgan fingerprint density at radius 3 is 2.40 bits per heavy atom. The maximum atomic E-state index is 13.7. The molecule has 0 saturated heterocycles. The summed E-state index contributed by atoms with van der Waals surface area (Å²) in [5.41, 5.74) is 5.84. The standard InChI is InChI=1S/C25H22N2O2S/c1-17-9-8-13-22-25(17)19(16-26-22)15-24-18(2)21-12-6-7-14-23(21)27(24)30(28,29)20-10-4-3-5-11-20/h3-14,16,26H,15H2,1-2H3. The monoisotopic (exact) mass is 414 g/mol. The summed E-state index contributed by atoms with van der Waals surface area (Å²) >= 11 is 0. The predicted octanol–water partition coefficient (Wildman–Crippen LogP) is 5.57. The first-order valence-electron chi connectivity index (χ1n) is 9.93. The first-order chi connectivity index (χ1) is 14.5. The quantitative estimate of drug-likeness (QED) is 0.418. The highest BCUT2D eigenvalue weighted by Gasteiger charge is 2.26. The van der Waals surface area contributed by atoms with Crippen LogP contribution in [0, 0.1) is 13.8 Å². The van der Waals surface area contributed by atoms with Gasteiger partial charge in [0.05, 0.1) is 10.4 Å². The van der Waals surface area contributed by atoms with Crippen LogP contribution < -0.4 is 0 Å². The van der Waals surface area contributed by atoms with Gasteiger partial charge in [0.2, 0.25) is 0 Å². The average Bonchev–Trinajstić information content (AvgIpc) is 3.30. The first-order valence-corrected chi connectivity index (χ1v) is 11.4. The molecular weight excluding hydrogens is 392 g/mol. The Morgan fingerprint density at radius 1 is 0.867 bits per heavy atom. The van der Waals surface area contributed by atoms with E-state index in [1.165, 1.54) is 9.54 Å². The second-order valence-electron chi connectivity index (χ2n) is 7.66. The zero-order chi connectivity index (χ0) is 20.9. The highest BCUT2D eigenvalue weighted by atomic mass is 32.2. The molecule has 0 radical (unpaired) electrons. The Balaban J connectivity index is 1.79. The van der Waals surface area contributed by atoms with E-state index in [0.29, 0.717) is 16.8 Å². The summed E-state index contributed by atoms with van der Waals surface area (Å²) in [5.74, 6) is 0. The van der Waals surface area contributed by atoms with E-state index < -0.39 is 10.0 Å². The van der Waals surface area contributed by atoms with Gasteiger partial charge in [-0.1, -0.05) is 48.5 Å². The molecule has 0 spiro atoms. The summed E-state index contributed by atoms with van der Waals surface area (Å²) in [7, 11) is -3.74. The van der Waals surface area contributed by atoms with E-state index in [1.807, 2.05) is 49.5 Å². The third kappa shape index (κ3) is 2.77. The van der Waals surface area contributed by atoms with E-state index in [4.69, 9.17) is 0 Å². The lowest BCUT2D eigenvalue weighted by molar-refractivity contribution is 0.587. The highest BCUT2D eigenvalue weighted by Crippen LogP contribution is 2.33. The SMILES string of the molecule is Cc1c(Cc2c[nH]c3cccc(C)c23)n(S(=O)(=O)c2ccccc2)c2ccccc12. The van der Waals surface area contributed by atoms with Crippen LogP contribution in [-0.4, -0.2) is 17.4 Å². The van der Waals surface area contributed by atoms with Gasteiger partial charge in [0, 0.05) is 34.6 Å². The summed E-state index contributed by atoms with van der Waals surface area (Å²) in [6, 6.07) is 22.5. The number of H-pyrrole nitrogens is 1. The van der Waals surface area contributed by atoms with Crippen LogP contribution in [0.3, 0.4) is 0 Å². The van der Waals surface area contributed by atoms with Crippen molar-refractivity contribution in [2.75, 3.05) is 0 Å². The van der Waals surface area contributed by atoms with Crippen molar-refractivity contribution in [2.45, 2.75) is 25.2 Å². The van der Waals surface area contributed by atoms with E-state index in [1.54, 1.807) is 24.3 Å². The molecule has 3 aromatic carbocycles. The summed E-state index contributed by atoms with van der Waals surface area (Å²) in [4.78, 5) is 3.63. The summed E-state index contributed by atoms with van der Waals surface area (Å²) in [6.45, 7) is 4.10. The van der Waals surface area contributed by atoms with Crippen molar-refractivity contribution in [3.8, 4) is 0 Å². The molecule has 0 bridgehead atoms. The zero-order valence-electron chi connectivity index (χ0n) is 16.9. The second kappa shape index (κ2) is 6.89. The normalized spacial score (nSPS) is 12.1. The molecule has 30 heavy (non-hydrogen) atoms. The van der Waals surface area contributed by atoms with Crippen molar-refractivity contribution in [1.29, 1.82) is 0 Å². The Labute approximate surface area is 175 Å². The van der Waals surface area contributed by atoms with Crippen LogP contribution in [-0.2, 0) is 16.4 Å². The largest absolute Gasteiger partial charge is 0.361 e. The fraction of sp³-hybridized carbons (Fsp3) is 0.120. The smallest absolute Gasteiger partial charge is 0.268 e. The first kappa shape index (κ1) is 18.7. The Kier molecular flexibility index (Phi) is 4.29. The summed E-state index contributed by atoms with van der Waals surface area (Å²) in [5, 5.41) is 2.12. The fourth-order valence-corrected chi connectivity index (χ4v) is 5.99. The lowest BCUT2D eigenvalue weighted by Gasteiger charge is -2.13. The fourth-order valence-electron chi connectivity index (χ4n) is 4.37. The Hall–Kier alpha value is -3.31. The third-order valence-corrected chi connectivity index (χ3v) is 7.61. The van der Waals surface area contributed by atoms with Gasteiger partial charge in [0.25, 0.3) is 10.0 Å². The predicted molar refractivity (Wildman–Crippen MR) is 122 cm³/mol. The molecule has 2 aromatic heterocycles. The molecule has 0 saturated carbocycles. The maximum absolute atomic E-state index is 13.7. The maximum Gasteiger partial charge on any atom is 0.268 e. The van der Waals surface area contributed by atoms with Gasteiger partial charge in [-0.15, -0.1) is 0 Å².